The van der Waals surface area contributed by atoms with Gasteiger partial charge >= 0.3 is 0 Å². The lowest BCUT2D eigenvalue weighted by molar-refractivity contribution is -0.688. The summed E-state index contributed by atoms with van der Waals surface area (Å²) in [5, 5.41) is 0. The van der Waals surface area contributed by atoms with Gasteiger partial charge in [0.15, 0.2) is 31.3 Å². The second-order valence-electron chi connectivity index (χ2n) is 5.46. The van der Waals surface area contributed by atoms with Gasteiger partial charge in [-0.05, 0) is 16.7 Å². The van der Waals surface area contributed by atoms with Crippen molar-refractivity contribution in [3.8, 4) is 11.1 Å². The van der Waals surface area contributed by atoms with Crippen molar-refractivity contribution in [1.29, 1.82) is 0 Å². The third-order valence-corrected chi connectivity index (χ3v) is 3.78. The number of hydrogen-bond acceptors (Lipinski definition) is 0. The van der Waals surface area contributed by atoms with Gasteiger partial charge in [0.2, 0.25) is 0 Å². The number of benzene rings is 1. The Labute approximate surface area is 166 Å². The van der Waals surface area contributed by atoms with Gasteiger partial charge in [0.05, 0.1) is 0 Å². The smallest absolute Gasteiger partial charge is 0.173 e. The van der Waals surface area contributed by atoms with Crippen LogP contribution in [0.15, 0.2) is 79.9 Å². The number of nitrogens with zero attached hydrogens (tertiary/aromatic N) is 2. The van der Waals surface area contributed by atoms with E-state index >= 15 is 0 Å². The average Bonchev–Trinajstić information content (AvgIpc) is 2.57. The monoisotopic (exact) mass is 450 g/mol. The molecule has 24 heavy (non-hydrogen) atoms. The first-order valence-electron chi connectivity index (χ1n) is 7.41. The molecular formula is C20H20ClIN2. The Morgan fingerprint density at radius 1 is 0.833 bits per heavy atom. The lowest BCUT2D eigenvalue weighted by Crippen LogP contribution is -3.00. The molecule has 124 valence electrons. The standard InChI is InChI=1S/C20H20N2.ClH.HI/c1-3-17-4-6-18(7-5-17)16-22-14-10-20(11-15-22)19-8-12-21(2)13-9-19;;/h3-15H,1,16H2,2H3;2*1H/q+2;;/p-2. The Morgan fingerprint density at radius 3 is 1.83 bits per heavy atom. The molecule has 0 atom stereocenters. The van der Waals surface area contributed by atoms with Crippen LogP contribution in [0.3, 0.4) is 0 Å². The zero-order valence-electron chi connectivity index (χ0n) is 13.6. The van der Waals surface area contributed by atoms with Gasteiger partial charge in [-0.3, -0.25) is 0 Å². The summed E-state index contributed by atoms with van der Waals surface area (Å²) < 4.78 is 4.23. The third kappa shape index (κ3) is 5.14. The molecule has 4 heteroatoms. The van der Waals surface area contributed by atoms with E-state index in [9.17, 15) is 0 Å². The highest BCUT2D eigenvalue weighted by molar-refractivity contribution is 5.60. The zero-order chi connectivity index (χ0) is 15.4. The Balaban J connectivity index is 0.00000144. The van der Waals surface area contributed by atoms with E-state index in [0.29, 0.717) is 0 Å². The Bertz CT molecular complexity index is 766. The van der Waals surface area contributed by atoms with Gasteiger partial charge in [-0.1, -0.05) is 36.9 Å². The number of pyridine rings is 2. The lowest BCUT2D eigenvalue weighted by atomic mass is 10.1. The van der Waals surface area contributed by atoms with Gasteiger partial charge in [0, 0.05) is 29.8 Å². The second-order valence-corrected chi connectivity index (χ2v) is 5.46. The summed E-state index contributed by atoms with van der Waals surface area (Å²) >= 11 is 0. The van der Waals surface area contributed by atoms with Crippen LogP contribution in [0, 0.1) is 0 Å². The van der Waals surface area contributed by atoms with Crippen LogP contribution in [0.25, 0.3) is 17.2 Å². The van der Waals surface area contributed by atoms with Gasteiger partial charge in [0.25, 0.3) is 0 Å². The molecule has 1 aromatic carbocycles. The van der Waals surface area contributed by atoms with E-state index in [-0.39, 0.29) is 36.4 Å². The SMILES string of the molecule is C=Cc1ccc(C[n+]2ccc(-c3cc[n+](C)cc3)cc2)cc1.[Cl-].[I-]. The maximum Gasteiger partial charge on any atom is 0.173 e. The highest BCUT2D eigenvalue weighted by Gasteiger charge is 2.05. The van der Waals surface area contributed by atoms with Gasteiger partial charge in [-0.15, -0.1) is 0 Å². The summed E-state index contributed by atoms with van der Waals surface area (Å²) in [6, 6.07) is 17.1. The highest BCUT2D eigenvalue weighted by Crippen LogP contribution is 2.15. The molecular weight excluding hydrogens is 431 g/mol. The van der Waals surface area contributed by atoms with Crippen LogP contribution in [0.1, 0.15) is 11.1 Å². The van der Waals surface area contributed by atoms with Crippen molar-refractivity contribution in [3.63, 3.8) is 0 Å². The normalized spacial score (nSPS) is 9.54. The van der Waals surface area contributed by atoms with Crippen LogP contribution in [0.2, 0.25) is 0 Å². The van der Waals surface area contributed by atoms with Crippen molar-refractivity contribution in [1.82, 2.24) is 0 Å². The first-order valence-corrected chi connectivity index (χ1v) is 7.41. The van der Waals surface area contributed by atoms with E-state index in [0.717, 1.165) is 12.1 Å². The molecule has 0 unspecified atom stereocenters. The molecule has 0 aliphatic heterocycles. The number of hydrogen-bond donors (Lipinski definition) is 0. The van der Waals surface area contributed by atoms with E-state index < -0.39 is 0 Å². The third-order valence-electron chi connectivity index (χ3n) is 3.78. The molecule has 2 aromatic heterocycles. The van der Waals surface area contributed by atoms with Crippen LogP contribution in [-0.4, -0.2) is 0 Å². The lowest BCUT2D eigenvalue weighted by Gasteiger charge is -2.01. The molecule has 2 nitrogen and oxygen atoms in total. The minimum atomic E-state index is 0. The van der Waals surface area contributed by atoms with Crippen molar-refractivity contribution >= 4 is 6.08 Å². The van der Waals surface area contributed by atoms with Gasteiger partial charge in [-0.2, -0.15) is 0 Å². The molecule has 0 saturated heterocycles. The quantitative estimate of drug-likeness (QED) is 0.299. The first-order chi connectivity index (χ1) is 10.7. The zero-order valence-corrected chi connectivity index (χ0v) is 16.5. The highest BCUT2D eigenvalue weighted by atomic mass is 127. The molecule has 0 N–H and O–H groups in total. The largest absolute Gasteiger partial charge is 1.00 e. The molecule has 0 bridgehead atoms. The Hall–Kier alpha value is -1.72. The molecule has 2 heterocycles. The van der Waals surface area contributed by atoms with Crippen molar-refractivity contribution in [2.24, 2.45) is 7.05 Å². The molecule has 0 fully saturated rings. The van der Waals surface area contributed by atoms with Crippen molar-refractivity contribution < 1.29 is 45.5 Å². The predicted octanol–water partition coefficient (Wildman–Crippen LogP) is -2.84. The molecule has 0 aliphatic rings. The van der Waals surface area contributed by atoms with E-state index in [2.05, 4.69) is 84.5 Å². The molecule has 3 aromatic rings. The summed E-state index contributed by atoms with van der Waals surface area (Å²) in [5.74, 6) is 0. The fraction of sp³-hybridized carbons (Fsp3) is 0.100. The van der Waals surface area contributed by atoms with Gasteiger partial charge < -0.3 is 36.4 Å². The number of aryl methyl sites for hydroxylation is 1. The number of rotatable bonds is 4. The van der Waals surface area contributed by atoms with Gasteiger partial charge in [0.1, 0.15) is 7.05 Å². The van der Waals surface area contributed by atoms with E-state index in [1.54, 1.807) is 0 Å². The van der Waals surface area contributed by atoms with Crippen molar-refractivity contribution in [2.45, 2.75) is 6.54 Å². The maximum atomic E-state index is 3.78. The average molecular weight is 451 g/mol. The summed E-state index contributed by atoms with van der Waals surface area (Å²) in [7, 11) is 2.03. The van der Waals surface area contributed by atoms with Crippen molar-refractivity contribution in [3.05, 3.63) is 91.0 Å². The topological polar surface area (TPSA) is 7.76 Å². The Kier molecular flexibility index (Phi) is 8.08. The maximum absolute atomic E-state index is 3.78. The predicted molar refractivity (Wildman–Crippen MR) is 88.9 cm³/mol. The summed E-state index contributed by atoms with van der Waals surface area (Å²) in [6.45, 7) is 4.66. The second kappa shape index (κ2) is 9.55. The molecule has 3 rings (SSSR count). The minimum Gasteiger partial charge on any atom is -1.00 e. The summed E-state index contributed by atoms with van der Waals surface area (Å²) in [4.78, 5) is 0. The van der Waals surface area contributed by atoms with Crippen LogP contribution in [0.5, 0.6) is 0 Å². The fourth-order valence-corrected chi connectivity index (χ4v) is 2.42. The van der Waals surface area contributed by atoms with Gasteiger partial charge in [-0.25, -0.2) is 9.13 Å². The summed E-state index contributed by atoms with van der Waals surface area (Å²) in [6.07, 6.45) is 10.3. The fourth-order valence-electron chi connectivity index (χ4n) is 2.42. The molecule has 0 saturated carbocycles. The van der Waals surface area contributed by atoms with Crippen molar-refractivity contribution in [2.75, 3.05) is 0 Å². The molecule has 0 radical (unpaired) electrons. The Morgan fingerprint density at radius 2 is 1.33 bits per heavy atom. The van der Waals surface area contributed by atoms with E-state index in [1.807, 2.05) is 17.7 Å². The van der Waals surface area contributed by atoms with Crippen LogP contribution in [0.4, 0.5) is 0 Å². The molecule has 0 aliphatic carbocycles. The van der Waals surface area contributed by atoms with E-state index in [1.165, 1.54) is 16.7 Å². The number of halogens is 2. The van der Waals surface area contributed by atoms with Crippen LogP contribution < -0.4 is 45.5 Å². The summed E-state index contributed by atoms with van der Waals surface area (Å²) in [5.41, 5.74) is 4.91. The van der Waals surface area contributed by atoms with Crippen LogP contribution >= 0.6 is 0 Å². The van der Waals surface area contributed by atoms with Crippen LogP contribution in [-0.2, 0) is 13.6 Å². The van der Waals surface area contributed by atoms with E-state index in [4.69, 9.17) is 0 Å². The molecule has 0 amide bonds. The number of aromatic nitrogens is 2. The first kappa shape index (κ1) is 20.3. The minimum absolute atomic E-state index is 0. The molecule has 0 spiro atoms.